The molecule has 63 valence electrons. The Hall–Kier alpha value is 0.283. The normalized spacial score (nSPS) is 32.3. The van der Waals surface area contributed by atoms with Gasteiger partial charge in [-0.1, -0.05) is 0 Å². The van der Waals surface area contributed by atoms with E-state index < -0.39 is 14.3 Å². The van der Waals surface area contributed by atoms with Gasteiger partial charge in [0, 0.05) is 0 Å². The third-order valence-electron chi connectivity index (χ3n) is 2.55. The second-order valence-electron chi connectivity index (χ2n) is 4.24. The van der Waals surface area contributed by atoms with Crippen molar-refractivity contribution in [3.63, 3.8) is 0 Å². The van der Waals surface area contributed by atoms with Gasteiger partial charge in [0.1, 0.15) is 0 Å². The zero-order valence-electron chi connectivity index (χ0n) is 8.15. The predicted molar refractivity (Wildman–Crippen MR) is 53.4 cm³/mol. The van der Waals surface area contributed by atoms with E-state index in [1.165, 1.54) is 12.8 Å². The van der Waals surface area contributed by atoms with Gasteiger partial charge in [0.2, 0.25) is 0 Å². The van der Waals surface area contributed by atoms with Gasteiger partial charge in [-0.05, 0) is 0 Å². The molecule has 1 heteroatoms. The molecule has 0 saturated carbocycles. The summed E-state index contributed by atoms with van der Waals surface area (Å²) in [6, 6.07) is 0. The molecule has 0 aliphatic heterocycles. The summed E-state index contributed by atoms with van der Waals surface area (Å²) in [6.07, 6.45) is 5.37. The van der Waals surface area contributed by atoms with E-state index in [0.29, 0.717) is 0 Å². The summed E-state index contributed by atoms with van der Waals surface area (Å²) >= 11 is -0.652. The maximum absolute atomic E-state index is 2.55. The quantitative estimate of drug-likeness (QED) is 0.460. The second-order valence-corrected chi connectivity index (χ2v) is 10.3. The van der Waals surface area contributed by atoms with Gasteiger partial charge in [0.05, 0.1) is 0 Å². The van der Waals surface area contributed by atoms with Crippen LogP contribution in [0.3, 0.4) is 0 Å². The molecule has 0 bridgehead atoms. The van der Waals surface area contributed by atoms with Crippen LogP contribution in [-0.4, -0.2) is 14.3 Å². The summed E-state index contributed by atoms with van der Waals surface area (Å²) in [7, 11) is 0. The fraction of sp³-hybridized carbons (Fsp3) is 0.800. The van der Waals surface area contributed by atoms with Crippen LogP contribution in [0.25, 0.3) is 0 Å². The summed E-state index contributed by atoms with van der Waals surface area (Å²) in [5.74, 6) is 5.94. The first-order valence-electron chi connectivity index (χ1n) is 4.57. The van der Waals surface area contributed by atoms with Crippen LogP contribution >= 0.6 is 0 Å². The van der Waals surface area contributed by atoms with Crippen molar-refractivity contribution in [1.82, 2.24) is 0 Å². The minimum atomic E-state index is -0.652. The van der Waals surface area contributed by atoms with E-state index in [4.69, 9.17) is 0 Å². The van der Waals surface area contributed by atoms with Gasteiger partial charge in [-0.25, -0.2) is 0 Å². The Labute approximate surface area is 75.2 Å². The number of allylic oxidation sites excluding steroid dienone is 2. The van der Waals surface area contributed by atoms with Crippen molar-refractivity contribution in [2.45, 2.75) is 43.0 Å². The van der Waals surface area contributed by atoms with E-state index in [9.17, 15) is 0 Å². The van der Waals surface area contributed by atoms with E-state index in [2.05, 4.69) is 31.4 Å². The number of rotatable bonds is 1. The fourth-order valence-electron chi connectivity index (χ4n) is 1.95. The molecular formula is C10H19Ge. The van der Waals surface area contributed by atoms with Gasteiger partial charge in [-0.3, -0.25) is 0 Å². The molecule has 11 heavy (non-hydrogen) atoms. The van der Waals surface area contributed by atoms with Gasteiger partial charge < -0.3 is 0 Å². The first-order valence-corrected chi connectivity index (χ1v) is 9.97. The van der Waals surface area contributed by atoms with E-state index >= 15 is 0 Å². The van der Waals surface area contributed by atoms with Crippen molar-refractivity contribution in [3.05, 3.63) is 11.6 Å². The Morgan fingerprint density at radius 1 is 1.45 bits per heavy atom. The molecule has 1 aliphatic rings. The molecular weight excluding hydrogens is 193 g/mol. The van der Waals surface area contributed by atoms with Gasteiger partial charge >= 0.3 is 74.9 Å². The molecule has 1 aliphatic carbocycles. The zero-order chi connectivity index (χ0) is 8.43. The van der Waals surface area contributed by atoms with Gasteiger partial charge in [-0.15, -0.1) is 0 Å². The molecule has 1 rings (SSSR count). The van der Waals surface area contributed by atoms with Crippen molar-refractivity contribution in [2.75, 3.05) is 0 Å². The van der Waals surface area contributed by atoms with Crippen LogP contribution < -0.4 is 0 Å². The Bertz CT molecular complexity index is 158. The van der Waals surface area contributed by atoms with Crippen molar-refractivity contribution in [1.29, 1.82) is 0 Å². The van der Waals surface area contributed by atoms with Crippen molar-refractivity contribution < 1.29 is 0 Å². The molecule has 0 aromatic rings. The number of hydrogen-bond donors (Lipinski definition) is 0. The third kappa shape index (κ3) is 2.66. The van der Waals surface area contributed by atoms with Crippen LogP contribution in [0.2, 0.25) is 16.3 Å². The molecule has 0 fully saturated rings. The van der Waals surface area contributed by atoms with Gasteiger partial charge in [-0.2, -0.15) is 0 Å². The summed E-state index contributed by atoms with van der Waals surface area (Å²) in [5.41, 5.74) is 1.64. The van der Waals surface area contributed by atoms with Gasteiger partial charge in [0.15, 0.2) is 0 Å². The molecule has 0 saturated heterocycles. The molecule has 0 aromatic carbocycles. The van der Waals surface area contributed by atoms with E-state index in [-0.39, 0.29) is 0 Å². The van der Waals surface area contributed by atoms with Crippen molar-refractivity contribution >= 4 is 14.3 Å². The van der Waals surface area contributed by atoms with Crippen LogP contribution in [0.5, 0.6) is 0 Å². The topological polar surface area (TPSA) is 0 Å². The summed E-state index contributed by atoms with van der Waals surface area (Å²) < 4.78 is 1.01. The summed E-state index contributed by atoms with van der Waals surface area (Å²) in [5, 5.41) is 0. The van der Waals surface area contributed by atoms with E-state index in [1.54, 1.807) is 5.57 Å². The molecule has 0 spiro atoms. The zero-order valence-corrected chi connectivity index (χ0v) is 10.2. The van der Waals surface area contributed by atoms with E-state index in [1.807, 2.05) is 0 Å². The molecule has 0 amide bonds. The minimum absolute atomic E-state index is 0.652. The fourth-order valence-corrected chi connectivity index (χ4v) is 5.08. The number of hydrogen-bond acceptors (Lipinski definition) is 0. The Kier molecular flexibility index (Phi) is 3.23. The first-order chi connectivity index (χ1) is 5.09. The molecule has 0 heterocycles. The average Bonchev–Trinajstić information content (AvgIpc) is 1.85. The van der Waals surface area contributed by atoms with Crippen LogP contribution in [0.1, 0.15) is 26.7 Å². The standard InChI is InChI=1S/C10H19Ge/c1-8-5-9(2)7-10(6-8)11(3)4/h6,9-10H,5,7H2,1-4H3/t9-,10-/m1/s1. The van der Waals surface area contributed by atoms with Crippen LogP contribution in [-0.2, 0) is 0 Å². The van der Waals surface area contributed by atoms with Gasteiger partial charge in [0.25, 0.3) is 0 Å². The Morgan fingerprint density at radius 2 is 2.09 bits per heavy atom. The molecule has 1 radical (unpaired) electrons. The van der Waals surface area contributed by atoms with Crippen molar-refractivity contribution in [2.24, 2.45) is 5.92 Å². The second kappa shape index (κ2) is 3.79. The molecule has 2 atom stereocenters. The van der Waals surface area contributed by atoms with Crippen LogP contribution in [0.4, 0.5) is 0 Å². The molecule has 0 nitrogen and oxygen atoms in total. The predicted octanol–water partition coefficient (Wildman–Crippen LogP) is 3.49. The monoisotopic (exact) mass is 213 g/mol. The average molecular weight is 212 g/mol. The summed E-state index contributed by atoms with van der Waals surface area (Å²) in [6.45, 7) is 4.69. The first kappa shape index (κ1) is 9.37. The SMILES string of the molecule is CC1=C[C@@H]([Ge]([CH3])[CH3])C[C@H](C)C1. The Balaban J connectivity index is 2.61. The molecule has 0 aromatic heterocycles. The van der Waals surface area contributed by atoms with Crippen LogP contribution in [0.15, 0.2) is 11.6 Å². The molecule has 0 N–H and O–H groups in total. The Morgan fingerprint density at radius 3 is 2.55 bits per heavy atom. The third-order valence-corrected chi connectivity index (χ3v) is 6.51. The van der Waals surface area contributed by atoms with Crippen molar-refractivity contribution in [3.8, 4) is 0 Å². The van der Waals surface area contributed by atoms with E-state index in [0.717, 1.165) is 10.7 Å². The van der Waals surface area contributed by atoms with Crippen LogP contribution in [0, 0.1) is 5.92 Å². The maximum atomic E-state index is 2.55. The summed E-state index contributed by atoms with van der Waals surface area (Å²) in [4.78, 5) is 0. The molecule has 0 unspecified atom stereocenters.